The van der Waals surface area contributed by atoms with Gasteiger partial charge in [-0.15, -0.1) is 21.5 Å². The zero-order valence-corrected chi connectivity index (χ0v) is 15.9. The summed E-state index contributed by atoms with van der Waals surface area (Å²) in [6.07, 6.45) is 0. The van der Waals surface area contributed by atoms with Gasteiger partial charge in [-0.1, -0.05) is 29.2 Å². The minimum absolute atomic E-state index is 0.283. The number of thiophene rings is 1. The van der Waals surface area contributed by atoms with E-state index in [9.17, 15) is 4.39 Å². The number of nitrogens with one attached hydrogen (secondary N) is 1. The van der Waals surface area contributed by atoms with E-state index in [1.165, 1.54) is 29.0 Å². The van der Waals surface area contributed by atoms with Crippen LogP contribution in [0.15, 0.2) is 50.8 Å². The number of halogens is 1. The van der Waals surface area contributed by atoms with Gasteiger partial charge in [-0.05, 0) is 29.6 Å². The van der Waals surface area contributed by atoms with Crippen LogP contribution in [0.5, 0.6) is 0 Å². The number of thioether (sulfide) groups is 1. The maximum absolute atomic E-state index is 13.2. The first-order chi connectivity index (χ1) is 12.3. The molecule has 1 N–H and O–H groups in total. The van der Waals surface area contributed by atoms with Crippen LogP contribution in [0.3, 0.4) is 0 Å². The fourth-order valence-corrected chi connectivity index (χ4v) is 5.34. The van der Waals surface area contributed by atoms with E-state index >= 15 is 0 Å². The smallest absolute Gasteiger partial charge is 0.210 e. The van der Waals surface area contributed by atoms with Crippen molar-refractivity contribution in [2.45, 2.75) is 10.1 Å². The Bertz CT molecular complexity index is 964. The van der Waals surface area contributed by atoms with Crippen LogP contribution in [0, 0.1) is 5.82 Å². The second kappa shape index (κ2) is 7.61. The van der Waals surface area contributed by atoms with E-state index in [-0.39, 0.29) is 5.82 Å². The molecule has 0 aliphatic rings. The Morgan fingerprint density at radius 3 is 2.96 bits per heavy atom. The standard InChI is InChI=1S/C16H11FN4S4/c17-11-2-1-3-12(6-11)19-15-20-21-16(25-15)24-9-13-8-23-14(18-13)10-4-5-22-7-10/h1-8H,9H2,(H,19,20). The molecule has 0 amide bonds. The van der Waals surface area contributed by atoms with Crippen LogP contribution in [0.1, 0.15) is 5.69 Å². The van der Waals surface area contributed by atoms with Crippen LogP contribution >= 0.6 is 45.8 Å². The number of anilines is 2. The lowest BCUT2D eigenvalue weighted by molar-refractivity contribution is 0.628. The van der Waals surface area contributed by atoms with E-state index < -0.39 is 0 Å². The Hall–Kier alpha value is -1.81. The third-order valence-electron chi connectivity index (χ3n) is 3.15. The van der Waals surface area contributed by atoms with Gasteiger partial charge in [-0.3, -0.25) is 0 Å². The number of aromatic nitrogens is 3. The predicted octanol–water partition coefficient (Wildman–Crippen LogP) is 5.90. The Balaban J connectivity index is 1.37. The molecule has 9 heteroatoms. The van der Waals surface area contributed by atoms with Crippen LogP contribution in [0.25, 0.3) is 10.6 Å². The van der Waals surface area contributed by atoms with Gasteiger partial charge in [-0.2, -0.15) is 11.3 Å². The summed E-state index contributed by atoms with van der Waals surface area (Å²) < 4.78 is 14.1. The molecule has 0 fully saturated rings. The minimum atomic E-state index is -0.283. The van der Waals surface area contributed by atoms with Gasteiger partial charge in [-0.25, -0.2) is 9.37 Å². The maximum Gasteiger partial charge on any atom is 0.210 e. The maximum atomic E-state index is 13.2. The summed E-state index contributed by atoms with van der Waals surface area (Å²) in [6, 6.07) is 8.36. The first-order valence-corrected chi connectivity index (χ1v) is 10.8. The average Bonchev–Trinajstić information content (AvgIpc) is 3.34. The molecule has 3 aromatic heterocycles. The molecule has 0 saturated carbocycles. The minimum Gasteiger partial charge on any atom is -0.330 e. The van der Waals surface area contributed by atoms with Gasteiger partial charge in [0.1, 0.15) is 10.8 Å². The summed E-state index contributed by atoms with van der Waals surface area (Å²) in [4.78, 5) is 4.66. The van der Waals surface area contributed by atoms with Gasteiger partial charge in [0.25, 0.3) is 0 Å². The van der Waals surface area contributed by atoms with Crippen molar-refractivity contribution in [3.8, 4) is 10.6 Å². The average molecular weight is 407 g/mol. The second-order valence-electron chi connectivity index (χ2n) is 4.95. The van der Waals surface area contributed by atoms with E-state index in [2.05, 4.69) is 42.7 Å². The highest BCUT2D eigenvalue weighted by Gasteiger charge is 2.09. The van der Waals surface area contributed by atoms with Crippen LogP contribution in [-0.2, 0) is 5.75 Å². The monoisotopic (exact) mass is 406 g/mol. The van der Waals surface area contributed by atoms with Gasteiger partial charge in [0, 0.05) is 27.8 Å². The predicted molar refractivity (Wildman–Crippen MR) is 105 cm³/mol. The highest BCUT2D eigenvalue weighted by Crippen LogP contribution is 2.32. The summed E-state index contributed by atoms with van der Waals surface area (Å²) in [5.41, 5.74) is 2.86. The fraction of sp³-hybridized carbons (Fsp3) is 0.0625. The van der Waals surface area contributed by atoms with Crippen molar-refractivity contribution in [2.75, 3.05) is 5.32 Å². The molecule has 25 heavy (non-hydrogen) atoms. The summed E-state index contributed by atoms with van der Waals surface area (Å²) >= 11 is 6.36. The molecule has 0 unspecified atom stereocenters. The van der Waals surface area contributed by atoms with Gasteiger partial charge >= 0.3 is 0 Å². The lowest BCUT2D eigenvalue weighted by atomic mass is 10.3. The largest absolute Gasteiger partial charge is 0.330 e. The van der Waals surface area contributed by atoms with E-state index in [4.69, 9.17) is 0 Å². The topological polar surface area (TPSA) is 50.7 Å². The zero-order chi connectivity index (χ0) is 17.1. The number of rotatable bonds is 6. The van der Waals surface area contributed by atoms with E-state index in [1.807, 2.05) is 0 Å². The second-order valence-corrected chi connectivity index (χ2v) is 8.79. The van der Waals surface area contributed by atoms with Crippen molar-refractivity contribution in [3.63, 3.8) is 0 Å². The molecule has 0 aliphatic carbocycles. The number of thiazole rings is 1. The van der Waals surface area contributed by atoms with Crippen LogP contribution in [0.4, 0.5) is 15.2 Å². The van der Waals surface area contributed by atoms with Crippen molar-refractivity contribution < 1.29 is 4.39 Å². The Kier molecular flexibility index (Phi) is 5.07. The SMILES string of the molecule is Fc1cccc(Nc2nnc(SCc3csc(-c4ccsc4)n3)s2)c1. The van der Waals surface area contributed by atoms with E-state index in [1.54, 1.807) is 46.6 Å². The number of benzene rings is 1. The molecule has 126 valence electrons. The Morgan fingerprint density at radius 2 is 2.12 bits per heavy atom. The van der Waals surface area contributed by atoms with Crippen LogP contribution < -0.4 is 5.32 Å². The number of hydrogen-bond acceptors (Lipinski definition) is 8. The molecule has 0 saturated heterocycles. The molecular weight excluding hydrogens is 395 g/mol. The lowest BCUT2D eigenvalue weighted by Gasteiger charge is -2.00. The first-order valence-electron chi connectivity index (χ1n) is 7.22. The van der Waals surface area contributed by atoms with Crippen LogP contribution in [-0.4, -0.2) is 15.2 Å². The molecule has 0 radical (unpaired) electrons. The lowest BCUT2D eigenvalue weighted by Crippen LogP contribution is -1.89. The van der Waals surface area contributed by atoms with E-state index in [0.29, 0.717) is 10.8 Å². The molecule has 0 atom stereocenters. The molecule has 0 spiro atoms. The summed E-state index contributed by atoms with van der Waals surface area (Å²) in [5, 5.41) is 19.2. The Labute approximate surface area is 159 Å². The molecule has 0 bridgehead atoms. The summed E-state index contributed by atoms with van der Waals surface area (Å²) in [5.74, 6) is 0.462. The number of hydrogen-bond donors (Lipinski definition) is 1. The van der Waals surface area contributed by atoms with Gasteiger partial charge in [0.15, 0.2) is 4.34 Å². The molecule has 4 aromatic rings. The summed E-state index contributed by atoms with van der Waals surface area (Å²) in [6.45, 7) is 0. The van der Waals surface area contributed by atoms with Crippen molar-refractivity contribution in [1.82, 2.24) is 15.2 Å². The highest BCUT2D eigenvalue weighted by atomic mass is 32.2. The van der Waals surface area contributed by atoms with Crippen LogP contribution in [0.2, 0.25) is 0 Å². The molecular formula is C16H11FN4S4. The van der Waals surface area contributed by atoms with Gasteiger partial charge in [0.2, 0.25) is 5.13 Å². The Morgan fingerprint density at radius 1 is 1.16 bits per heavy atom. The summed E-state index contributed by atoms with van der Waals surface area (Å²) in [7, 11) is 0. The normalized spacial score (nSPS) is 10.9. The number of nitrogens with zero attached hydrogens (tertiary/aromatic N) is 3. The molecule has 3 heterocycles. The van der Waals surface area contributed by atoms with Crippen molar-refractivity contribution in [1.29, 1.82) is 0 Å². The quantitative estimate of drug-likeness (QED) is 0.404. The van der Waals surface area contributed by atoms with E-state index in [0.717, 1.165) is 20.8 Å². The van der Waals surface area contributed by atoms with Gasteiger partial charge in [0.05, 0.1) is 5.69 Å². The van der Waals surface area contributed by atoms with Crippen molar-refractivity contribution in [2.24, 2.45) is 0 Å². The molecule has 1 aromatic carbocycles. The highest BCUT2D eigenvalue weighted by molar-refractivity contribution is 8.00. The van der Waals surface area contributed by atoms with Crippen molar-refractivity contribution in [3.05, 3.63) is 58.0 Å². The first kappa shape index (κ1) is 16.6. The fourth-order valence-electron chi connectivity index (χ4n) is 2.04. The zero-order valence-electron chi connectivity index (χ0n) is 12.7. The molecule has 4 rings (SSSR count). The van der Waals surface area contributed by atoms with Crippen molar-refractivity contribution >= 4 is 56.6 Å². The molecule has 4 nitrogen and oxygen atoms in total. The third-order valence-corrected chi connectivity index (χ3v) is 6.77. The third kappa shape index (κ3) is 4.24. The molecule has 0 aliphatic heterocycles. The van der Waals surface area contributed by atoms with Gasteiger partial charge < -0.3 is 5.32 Å².